The maximum Gasteiger partial charge on any atom is 0.227 e. The van der Waals surface area contributed by atoms with E-state index in [-0.39, 0.29) is 5.91 Å². The van der Waals surface area contributed by atoms with Crippen LogP contribution in [0, 0.1) is 5.41 Å². The van der Waals surface area contributed by atoms with Crippen LogP contribution in [0.3, 0.4) is 0 Å². The van der Waals surface area contributed by atoms with Crippen LogP contribution < -0.4 is 11.1 Å². The molecule has 0 saturated carbocycles. The third-order valence-corrected chi connectivity index (χ3v) is 4.24. The number of carbonyl (C=O) groups is 1. The van der Waals surface area contributed by atoms with Crippen molar-refractivity contribution in [2.24, 2.45) is 11.1 Å². The first kappa shape index (κ1) is 15.4. The summed E-state index contributed by atoms with van der Waals surface area (Å²) in [5.74, 6) is 0.126. The Kier molecular flexibility index (Phi) is 6.09. The summed E-state index contributed by atoms with van der Waals surface area (Å²) in [6.45, 7) is 9.99. The molecule has 4 heteroatoms. The van der Waals surface area contributed by atoms with Gasteiger partial charge < -0.3 is 16.0 Å². The highest BCUT2D eigenvalue weighted by molar-refractivity contribution is 5.82. The van der Waals surface area contributed by atoms with Crippen molar-refractivity contribution < 1.29 is 4.79 Å². The highest BCUT2D eigenvalue weighted by atomic mass is 16.2. The summed E-state index contributed by atoms with van der Waals surface area (Å²) in [6.07, 6.45) is 4.13. The number of nitrogens with one attached hydrogen (secondary N) is 1. The minimum Gasteiger partial charge on any atom is -0.353 e. The minimum absolute atomic E-state index is 0.126. The zero-order valence-corrected chi connectivity index (χ0v) is 12.2. The average Bonchev–Trinajstić information content (AvgIpc) is 2.40. The predicted octanol–water partition coefficient (Wildman–Crippen LogP) is 1.35. The fraction of sp³-hybridized carbons (Fsp3) is 0.929. The summed E-state index contributed by atoms with van der Waals surface area (Å²) in [7, 11) is 0. The standard InChI is InChI=1S/C14H29N3O/c1-4-8-17-9-6-12(7-10-17)16-13(18)14(3,5-2)11-15/h12H,4-11,15H2,1-3H3,(H,16,18). The van der Waals surface area contributed by atoms with Crippen LogP contribution in [0.5, 0.6) is 0 Å². The zero-order chi connectivity index (χ0) is 13.6. The van der Waals surface area contributed by atoms with Crippen molar-refractivity contribution in [2.45, 2.75) is 52.5 Å². The molecule has 18 heavy (non-hydrogen) atoms. The van der Waals surface area contributed by atoms with Crippen LogP contribution >= 0.6 is 0 Å². The first-order chi connectivity index (χ1) is 8.55. The number of nitrogens with two attached hydrogens (primary N) is 1. The molecule has 0 aromatic carbocycles. The number of carbonyl (C=O) groups excluding carboxylic acids is 1. The number of hydrogen-bond donors (Lipinski definition) is 2. The second-order valence-electron chi connectivity index (χ2n) is 5.71. The predicted molar refractivity (Wildman–Crippen MR) is 75.3 cm³/mol. The van der Waals surface area contributed by atoms with Gasteiger partial charge in [0, 0.05) is 25.7 Å². The van der Waals surface area contributed by atoms with E-state index in [1.165, 1.54) is 13.0 Å². The Morgan fingerprint density at radius 1 is 1.39 bits per heavy atom. The second-order valence-corrected chi connectivity index (χ2v) is 5.71. The van der Waals surface area contributed by atoms with Gasteiger partial charge >= 0.3 is 0 Å². The summed E-state index contributed by atoms with van der Waals surface area (Å²) in [5.41, 5.74) is 5.31. The molecular formula is C14H29N3O. The third-order valence-electron chi connectivity index (χ3n) is 4.24. The zero-order valence-electron chi connectivity index (χ0n) is 12.2. The molecule has 1 rings (SSSR count). The fourth-order valence-electron chi connectivity index (χ4n) is 2.37. The smallest absolute Gasteiger partial charge is 0.227 e. The van der Waals surface area contributed by atoms with Crippen LogP contribution in [0.15, 0.2) is 0 Å². The Morgan fingerprint density at radius 3 is 2.44 bits per heavy atom. The molecule has 1 saturated heterocycles. The summed E-state index contributed by atoms with van der Waals surface area (Å²) < 4.78 is 0. The molecule has 0 aromatic heterocycles. The molecule has 1 aliphatic heterocycles. The monoisotopic (exact) mass is 255 g/mol. The lowest BCUT2D eigenvalue weighted by Crippen LogP contribution is -2.50. The first-order valence-electron chi connectivity index (χ1n) is 7.29. The van der Waals surface area contributed by atoms with E-state index in [2.05, 4.69) is 17.1 Å². The van der Waals surface area contributed by atoms with Crippen LogP contribution in [0.25, 0.3) is 0 Å². The Balaban J connectivity index is 2.39. The Bertz CT molecular complexity index is 256. The normalized spacial score (nSPS) is 21.6. The van der Waals surface area contributed by atoms with Crippen LogP contribution in [-0.4, -0.2) is 43.0 Å². The number of hydrogen-bond acceptors (Lipinski definition) is 3. The maximum absolute atomic E-state index is 12.2. The second kappa shape index (κ2) is 7.10. The van der Waals surface area contributed by atoms with Gasteiger partial charge in [0.2, 0.25) is 5.91 Å². The minimum atomic E-state index is -0.402. The summed E-state index contributed by atoms with van der Waals surface area (Å²) >= 11 is 0. The van der Waals surface area contributed by atoms with Gasteiger partial charge in [-0.25, -0.2) is 0 Å². The van der Waals surface area contributed by atoms with Crippen LogP contribution in [0.1, 0.15) is 46.5 Å². The van der Waals surface area contributed by atoms with Crippen molar-refractivity contribution in [1.82, 2.24) is 10.2 Å². The van der Waals surface area contributed by atoms with E-state index in [4.69, 9.17) is 5.73 Å². The third kappa shape index (κ3) is 3.95. The molecule has 0 aromatic rings. The molecular weight excluding hydrogens is 226 g/mol. The number of piperidine rings is 1. The Hall–Kier alpha value is -0.610. The van der Waals surface area contributed by atoms with E-state index in [0.717, 1.165) is 32.4 Å². The van der Waals surface area contributed by atoms with E-state index in [1.807, 2.05) is 13.8 Å². The Labute approximate surface area is 111 Å². The molecule has 1 aliphatic rings. The fourth-order valence-corrected chi connectivity index (χ4v) is 2.37. The van der Waals surface area contributed by atoms with Crippen molar-refractivity contribution in [3.63, 3.8) is 0 Å². The van der Waals surface area contributed by atoms with Gasteiger partial charge in [-0.3, -0.25) is 4.79 Å². The maximum atomic E-state index is 12.2. The van der Waals surface area contributed by atoms with E-state index in [1.54, 1.807) is 0 Å². The average molecular weight is 255 g/mol. The van der Waals surface area contributed by atoms with Crippen molar-refractivity contribution in [2.75, 3.05) is 26.2 Å². The van der Waals surface area contributed by atoms with E-state index >= 15 is 0 Å². The summed E-state index contributed by atoms with van der Waals surface area (Å²) in [5, 5.41) is 3.18. The highest BCUT2D eigenvalue weighted by Gasteiger charge is 2.31. The van der Waals surface area contributed by atoms with Crippen molar-refractivity contribution >= 4 is 5.91 Å². The first-order valence-corrected chi connectivity index (χ1v) is 7.29. The molecule has 0 spiro atoms. The van der Waals surface area contributed by atoms with Crippen LogP contribution in [0.4, 0.5) is 0 Å². The lowest BCUT2D eigenvalue weighted by molar-refractivity contribution is -0.131. The van der Waals surface area contributed by atoms with Gasteiger partial charge in [0.05, 0.1) is 5.41 Å². The van der Waals surface area contributed by atoms with Gasteiger partial charge in [0.25, 0.3) is 0 Å². The molecule has 1 fully saturated rings. The lowest BCUT2D eigenvalue weighted by atomic mass is 9.86. The summed E-state index contributed by atoms with van der Waals surface area (Å²) in [4.78, 5) is 14.7. The van der Waals surface area contributed by atoms with Gasteiger partial charge in [0.1, 0.15) is 0 Å². The molecule has 106 valence electrons. The number of amides is 1. The van der Waals surface area contributed by atoms with Gasteiger partial charge in [-0.05, 0) is 39.2 Å². The van der Waals surface area contributed by atoms with Crippen molar-refractivity contribution in [3.8, 4) is 0 Å². The van der Waals surface area contributed by atoms with Crippen molar-refractivity contribution in [3.05, 3.63) is 0 Å². The molecule has 3 N–H and O–H groups in total. The molecule has 0 radical (unpaired) electrons. The van der Waals surface area contributed by atoms with Crippen LogP contribution in [0.2, 0.25) is 0 Å². The molecule has 1 heterocycles. The molecule has 4 nitrogen and oxygen atoms in total. The molecule has 0 aliphatic carbocycles. The molecule has 1 atom stereocenters. The van der Waals surface area contributed by atoms with E-state index in [0.29, 0.717) is 12.6 Å². The molecule has 1 unspecified atom stereocenters. The Morgan fingerprint density at radius 2 is 2.00 bits per heavy atom. The van der Waals surface area contributed by atoms with Gasteiger partial charge in [0.15, 0.2) is 0 Å². The summed E-state index contributed by atoms with van der Waals surface area (Å²) in [6, 6.07) is 0.336. The quantitative estimate of drug-likeness (QED) is 0.753. The lowest BCUT2D eigenvalue weighted by Gasteiger charge is -2.34. The van der Waals surface area contributed by atoms with Gasteiger partial charge in [-0.2, -0.15) is 0 Å². The number of rotatable bonds is 6. The SMILES string of the molecule is CCCN1CCC(NC(=O)C(C)(CC)CN)CC1. The number of likely N-dealkylation sites (tertiary alicyclic amines) is 1. The van der Waals surface area contributed by atoms with Crippen LogP contribution in [-0.2, 0) is 4.79 Å². The van der Waals surface area contributed by atoms with Gasteiger partial charge in [-0.15, -0.1) is 0 Å². The largest absolute Gasteiger partial charge is 0.353 e. The van der Waals surface area contributed by atoms with Crippen molar-refractivity contribution in [1.29, 1.82) is 0 Å². The molecule has 1 amide bonds. The van der Waals surface area contributed by atoms with Gasteiger partial charge in [-0.1, -0.05) is 13.8 Å². The molecule has 0 bridgehead atoms. The number of nitrogens with zero attached hydrogens (tertiary/aromatic N) is 1. The van der Waals surface area contributed by atoms with E-state index < -0.39 is 5.41 Å². The topological polar surface area (TPSA) is 58.4 Å². The highest BCUT2D eigenvalue weighted by Crippen LogP contribution is 2.20. The van der Waals surface area contributed by atoms with E-state index in [9.17, 15) is 4.79 Å².